The van der Waals surface area contributed by atoms with Gasteiger partial charge in [-0.2, -0.15) is 13.2 Å². The van der Waals surface area contributed by atoms with Gasteiger partial charge in [0.2, 0.25) is 6.41 Å². The minimum Gasteiger partial charge on any atom is -0.384 e. The predicted molar refractivity (Wildman–Crippen MR) is 154 cm³/mol. The number of carbonyl (C=O) groups is 2. The molecule has 0 spiro atoms. The van der Waals surface area contributed by atoms with Crippen LogP contribution in [0.1, 0.15) is 39.7 Å². The van der Waals surface area contributed by atoms with Crippen LogP contribution in [0.25, 0.3) is 27.3 Å². The predicted octanol–water partition coefficient (Wildman–Crippen LogP) is 7.01. The maximum Gasteiger partial charge on any atom is 0.417 e. The standard InChI is InChI=1S/C22H17F5N2O2S.C8H10N2/c23-21(24)5-6-29(11-21)20(31)14-3-1-13(2-4-14)15-7-16-8-17(10-28-12-30)32-19(16)18(9-15)22(25,26)27;1-2-3-7-4-5-8(9)10-6-7/h1-4,7-9,12H,5-6,10-11H2,(H,28,30);2-6H,1H3,(H2,9,10)/b;3-2+. The van der Waals surface area contributed by atoms with E-state index in [1.807, 2.05) is 25.1 Å². The number of carbonyl (C=O) groups excluding carboxylic acids is 2. The second kappa shape index (κ2) is 12.7. The highest BCUT2D eigenvalue weighted by Gasteiger charge is 2.40. The van der Waals surface area contributed by atoms with Gasteiger partial charge in [-0.1, -0.05) is 24.3 Å². The second-order valence-electron chi connectivity index (χ2n) is 9.58. The number of nitrogens with zero attached hydrogens (tertiary/aromatic N) is 2. The van der Waals surface area contributed by atoms with Crippen LogP contribution in [-0.2, 0) is 17.5 Å². The van der Waals surface area contributed by atoms with Gasteiger partial charge < -0.3 is 16.0 Å². The zero-order valence-electron chi connectivity index (χ0n) is 22.4. The number of nitrogen functional groups attached to an aromatic ring is 1. The summed E-state index contributed by atoms with van der Waals surface area (Å²) in [6, 6.07) is 13.8. The van der Waals surface area contributed by atoms with E-state index in [2.05, 4.69) is 10.3 Å². The molecular weight excluding hydrogens is 575 g/mol. The molecule has 0 unspecified atom stereocenters. The molecule has 1 aliphatic heterocycles. The Kier molecular flexibility index (Phi) is 9.25. The van der Waals surface area contributed by atoms with Gasteiger partial charge in [-0.05, 0) is 71.5 Å². The topological polar surface area (TPSA) is 88.3 Å². The van der Waals surface area contributed by atoms with Crippen molar-refractivity contribution in [3.05, 3.63) is 88.4 Å². The zero-order chi connectivity index (χ0) is 30.5. The first-order valence-corrected chi connectivity index (χ1v) is 13.6. The third kappa shape index (κ3) is 7.49. The summed E-state index contributed by atoms with van der Waals surface area (Å²) < 4.78 is 68.0. The summed E-state index contributed by atoms with van der Waals surface area (Å²) in [6.07, 6.45) is 1.20. The Hall–Kier alpha value is -4.32. The summed E-state index contributed by atoms with van der Waals surface area (Å²) in [5.41, 5.74) is 6.65. The first-order valence-electron chi connectivity index (χ1n) is 12.8. The third-order valence-corrected chi connectivity index (χ3v) is 7.61. The van der Waals surface area contributed by atoms with Gasteiger partial charge in [-0.25, -0.2) is 13.8 Å². The van der Waals surface area contributed by atoms with Crippen molar-refractivity contribution in [3.63, 3.8) is 0 Å². The van der Waals surface area contributed by atoms with Gasteiger partial charge in [0.05, 0.1) is 18.7 Å². The van der Waals surface area contributed by atoms with Crippen molar-refractivity contribution in [2.24, 2.45) is 0 Å². The van der Waals surface area contributed by atoms with Crippen LogP contribution in [0.3, 0.4) is 0 Å². The number of hydrogen-bond acceptors (Lipinski definition) is 5. The van der Waals surface area contributed by atoms with Gasteiger partial charge in [0.15, 0.2) is 0 Å². The van der Waals surface area contributed by atoms with Gasteiger partial charge in [0.25, 0.3) is 11.8 Å². The molecule has 2 aromatic heterocycles. The van der Waals surface area contributed by atoms with Crippen molar-refractivity contribution >= 4 is 45.6 Å². The molecule has 220 valence electrons. The molecule has 3 N–H and O–H groups in total. The van der Waals surface area contributed by atoms with E-state index in [-0.39, 0.29) is 29.8 Å². The number of nitrogens with two attached hydrogens (primary N) is 1. The second-order valence-corrected chi connectivity index (χ2v) is 10.7. The van der Waals surface area contributed by atoms with E-state index in [0.717, 1.165) is 27.9 Å². The summed E-state index contributed by atoms with van der Waals surface area (Å²) >= 11 is 0.962. The third-order valence-electron chi connectivity index (χ3n) is 6.42. The van der Waals surface area contributed by atoms with E-state index in [1.165, 1.54) is 24.3 Å². The number of anilines is 1. The Bertz CT molecular complexity index is 1580. The largest absolute Gasteiger partial charge is 0.417 e. The molecule has 5 rings (SSSR count). The van der Waals surface area contributed by atoms with Crippen LogP contribution < -0.4 is 11.1 Å². The maximum absolute atomic E-state index is 13.7. The van der Waals surface area contributed by atoms with E-state index in [4.69, 9.17) is 5.73 Å². The summed E-state index contributed by atoms with van der Waals surface area (Å²) in [6.45, 7) is 1.41. The molecule has 1 fully saturated rings. The van der Waals surface area contributed by atoms with Crippen LogP contribution in [0, 0.1) is 0 Å². The van der Waals surface area contributed by atoms with Crippen molar-refractivity contribution in [1.82, 2.24) is 15.2 Å². The number of amides is 2. The lowest BCUT2D eigenvalue weighted by atomic mass is 9.99. The average Bonchev–Trinajstić information content (AvgIpc) is 3.54. The van der Waals surface area contributed by atoms with Crippen molar-refractivity contribution in [2.75, 3.05) is 18.8 Å². The lowest BCUT2D eigenvalue weighted by Gasteiger charge is -2.16. The quantitative estimate of drug-likeness (QED) is 0.184. The number of nitrogens with one attached hydrogen (secondary N) is 1. The lowest BCUT2D eigenvalue weighted by Crippen LogP contribution is -2.31. The average molecular weight is 603 g/mol. The van der Waals surface area contributed by atoms with Crippen molar-refractivity contribution < 1.29 is 31.5 Å². The number of fused-ring (bicyclic) bond motifs is 1. The van der Waals surface area contributed by atoms with E-state index in [9.17, 15) is 31.5 Å². The number of thiophene rings is 1. The highest BCUT2D eigenvalue weighted by molar-refractivity contribution is 7.19. The first kappa shape index (κ1) is 30.6. The van der Waals surface area contributed by atoms with E-state index in [0.29, 0.717) is 33.6 Å². The maximum atomic E-state index is 13.7. The molecule has 0 aliphatic carbocycles. The van der Waals surface area contributed by atoms with Crippen molar-refractivity contribution in [3.8, 4) is 11.1 Å². The molecule has 0 bridgehead atoms. The molecule has 2 amide bonds. The molecular formula is C30H27F5N4O2S. The van der Waals surface area contributed by atoms with Crippen LogP contribution in [0.15, 0.2) is 66.9 Å². The highest BCUT2D eigenvalue weighted by Crippen LogP contribution is 2.41. The first-order chi connectivity index (χ1) is 19.9. The normalized spacial score (nSPS) is 14.6. The fraction of sp³-hybridized carbons (Fsp3) is 0.233. The Labute approximate surface area is 242 Å². The number of benzene rings is 2. The smallest absolute Gasteiger partial charge is 0.384 e. The van der Waals surface area contributed by atoms with Gasteiger partial charge in [0.1, 0.15) is 5.82 Å². The van der Waals surface area contributed by atoms with Crippen LogP contribution in [-0.4, -0.2) is 41.2 Å². The molecule has 0 atom stereocenters. The number of hydrogen-bond donors (Lipinski definition) is 2. The van der Waals surface area contributed by atoms with Crippen LogP contribution in [0.2, 0.25) is 0 Å². The Balaban J connectivity index is 0.000000343. The fourth-order valence-corrected chi connectivity index (χ4v) is 5.54. The Morgan fingerprint density at radius 1 is 1.12 bits per heavy atom. The summed E-state index contributed by atoms with van der Waals surface area (Å²) in [7, 11) is 0. The van der Waals surface area contributed by atoms with Crippen molar-refractivity contribution in [2.45, 2.75) is 32.0 Å². The SMILES string of the molecule is C/C=C/c1ccc(N)nc1.O=CNCc1cc2cc(-c3ccc(C(=O)N4CCC(F)(F)C4)cc3)cc(C(F)(F)F)c2s1. The molecule has 2 aromatic carbocycles. The number of pyridine rings is 1. The molecule has 42 heavy (non-hydrogen) atoms. The molecule has 12 heteroatoms. The lowest BCUT2D eigenvalue weighted by molar-refractivity contribution is -0.136. The Morgan fingerprint density at radius 2 is 1.86 bits per heavy atom. The van der Waals surface area contributed by atoms with Gasteiger partial charge in [0, 0.05) is 34.3 Å². The number of likely N-dealkylation sites (tertiary alicyclic amines) is 1. The van der Waals surface area contributed by atoms with Gasteiger partial charge in [-0.3, -0.25) is 9.59 Å². The highest BCUT2D eigenvalue weighted by atomic mass is 32.1. The number of halogens is 5. The number of alkyl halides is 5. The number of rotatable bonds is 6. The number of aromatic nitrogens is 1. The van der Waals surface area contributed by atoms with Crippen molar-refractivity contribution in [1.29, 1.82) is 0 Å². The number of allylic oxidation sites excluding steroid dienone is 1. The monoisotopic (exact) mass is 602 g/mol. The summed E-state index contributed by atoms with van der Waals surface area (Å²) in [5.74, 6) is -2.88. The molecule has 3 heterocycles. The van der Waals surface area contributed by atoms with Crippen LogP contribution in [0.5, 0.6) is 0 Å². The molecule has 1 aliphatic rings. The van der Waals surface area contributed by atoms with Crippen LogP contribution in [0.4, 0.5) is 27.8 Å². The summed E-state index contributed by atoms with van der Waals surface area (Å²) in [4.78, 5) is 28.5. The Morgan fingerprint density at radius 3 is 2.43 bits per heavy atom. The molecule has 0 saturated carbocycles. The minimum absolute atomic E-state index is 0.0430. The zero-order valence-corrected chi connectivity index (χ0v) is 23.2. The molecule has 0 radical (unpaired) electrons. The molecule has 4 aromatic rings. The fourth-order valence-electron chi connectivity index (χ4n) is 4.42. The summed E-state index contributed by atoms with van der Waals surface area (Å²) in [5, 5.41) is 2.83. The van der Waals surface area contributed by atoms with E-state index < -0.39 is 30.1 Å². The van der Waals surface area contributed by atoms with Gasteiger partial charge >= 0.3 is 6.18 Å². The molecule has 1 saturated heterocycles. The minimum atomic E-state index is -4.58. The van der Waals surface area contributed by atoms with E-state index in [1.54, 1.807) is 24.4 Å². The van der Waals surface area contributed by atoms with Crippen LogP contribution >= 0.6 is 11.3 Å². The van der Waals surface area contributed by atoms with Gasteiger partial charge in [-0.15, -0.1) is 11.3 Å². The molecule has 6 nitrogen and oxygen atoms in total. The van der Waals surface area contributed by atoms with E-state index >= 15 is 0 Å².